The zero-order valence-corrected chi connectivity index (χ0v) is 18.9. The summed E-state index contributed by atoms with van der Waals surface area (Å²) in [6, 6.07) is 0. The van der Waals surface area contributed by atoms with E-state index < -0.39 is 6.67 Å². The smallest absolute Gasteiger partial charge is 0.305 e. The summed E-state index contributed by atoms with van der Waals surface area (Å²) in [7, 11) is 0. The number of rotatable bonds is 25. The number of esters is 1. The minimum atomic E-state index is -0.471. The van der Waals surface area contributed by atoms with Crippen LogP contribution in [0.25, 0.3) is 0 Å². The van der Waals surface area contributed by atoms with Gasteiger partial charge in [0.2, 0.25) is 0 Å². The first-order valence-electron chi connectivity index (χ1n) is 11.4. The molecule has 0 spiro atoms. The van der Waals surface area contributed by atoms with Crippen LogP contribution in [0.15, 0.2) is 0 Å². The van der Waals surface area contributed by atoms with E-state index in [-0.39, 0.29) is 19.2 Å². The second-order valence-corrected chi connectivity index (χ2v) is 6.84. The maximum absolute atomic E-state index is 11.8. The Labute approximate surface area is 181 Å². The molecular weight excluding hydrogens is 395 g/mol. The Hall–Kier alpha value is -0.800. The topological polar surface area (TPSA) is 72.5 Å². The van der Waals surface area contributed by atoms with Gasteiger partial charge in [-0.2, -0.15) is 0 Å². The van der Waals surface area contributed by atoms with Crippen molar-refractivity contribution in [3.8, 4) is 0 Å². The number of ether oxygens (including phenoxy) is 6. The van der Waals surface area contributed by atoms with Gasteiger partial charge in [0, 0.05) is 6.42 Å². The van der Waals surface area contributed by atoms with Gasteiger partial charge in [0.05, 0.1) is 66.1 Å². The van der Waals surface area contributed by atoms with Crippen LogP contribution in [-0.4, -0.2) is 85.3 Å². The van der Waals surface area contributed by atoms with Gasteiger partial charge in [-0.1, -0.05) is 45.4 Å². The first-order chi connectivity index (χ1) is 14.8. The van der Waals surface area contributed by atoms with E-state index in [0.717, 1.165) is 12.8 Å². The third kappa shape index (κ3) is 25.2. The molecule has 0 aliphatic carbocycles. The standard InChI is InChI=1S/C22H43FO7/c1-2-3-4-5-6-7-8-9-22(24)30-21-20-29-19-18-28-17-16-27-15-14-26-13-12-25-11-10-23/h2-21H2,1H3. The Morgan fingerprint density at radius 3 is 1.43 bits per heavy atom. The molecule has 0 radical (unpaired) electrons. The van der Waals surface area contributed by atoms with Crippen LogP contribution in [0, 0.1) is 0 Å². The highest BCUT2D eigenvalue weighted by Crippen LogP contribution is 2.08. The van der Waals surface area contributed by atoms with E-state index in [9.17, 15) is 9.18 Å². The summed E-state index contributed by atoms with van der Waals surface area (Å²) in [6.07, 6.45) is 8.82. The molecular formula is C22H43FO7. The summed E-state index contributed by atoms with van der Waals surface area (Å²) >= 11 is 0. The molecule has 0 atom stereocenters. The van der Waals surface area contributed by atoms with E-state index in [4.69, 9.17) is 28.4 Å². The van der Waals surface area contributed by atoms with Crippen LogP contribution < -0.4 is 0 Å². The fraction of sp³-hybridized carbons (Fsp3) is 0.955. The van der Waals surface area contributed by atoms with Gasteiger partial charge in [-0.15, -0.1) is 0 Å². The Bertz CT molecular complexity index is 345. The van der Waals surface area contributed by atoms with Gasteiger partial charge in [-0.25, -0.2) is 4.39 Å². The van der Waals surface area contributed by atoms with Crippen molar-refractivity contribution in [3.05, 3.63) is 0 Å². The summed E-state index contributed by atoms with van der Waals surface area (Å²) in [5.41, 5.74) is 0. The van der Waals surface area contributed by atoms with E-state index in [2.05, 4.69) is 6.92 Å². The number of carbonyl (C=O) groups excluding carboxylic acids is 1. The molecule has 0 saturated heterocycles. The van der Waals surface area contributed by atoms with Gasteiger partial charge in [0.25, 0.3) is 0 Å². The first kappa shape index (κ1) is 29.2. The van der Waals surface area contributed by atoms with E-state index in [1.807, 2.05) is 0 Å². The summed E-state index contributed by atoms with van der Waals surface area (Å²) in [4.78, 5) is 11.6. The molecule has 0 N–H and O–H groups in total. The van der Waals surface area contributed by atoms with E-state index in [1.165, 1.54) is 32.1 Å². The molecule has 7 nitrogen and oxygen atoms in total. The lowest BCUT2D eigenvalue weighted by Gasteiger charge is -2.08. The molecule has 180 valence electrons. The normalized spacial score (nSPS) is 11.1. The first-order valence-corrected chi connectivity index (χ1v) is 11.4. The van der Waals surface area contributed by atoms with Gasteiger partial charge in [-0.05, 0) is 6.42 Å². The molecule has 0 amide bonds. The van der Waals surface area contributed by atoms with Crippen molar-refractivity contribution in [3.63, 3.8) is 0 Å². The van der Waals surface area contributed by atoms with E-state index in [0.29, 0.717) is 65.9 Å². The molecule has 0 saturated carbocycles. The predicted octanol–water partition coefficient (Wildman–Crippen LogP) is 3.72. The summed E-state index contributed by atoms with van der Waals surface area (Å²) in [5, 5.41) is 0. The van der Waals surface area contributed by atoms with Gasteiger partial charge in [-0.3, -0.25) is 4.79 Å². The van der Waals surface area contributed by atoms with Crippen molar-refractivity contribution < 1.29 is 37.6 Å². The van der Waals surface area contributed by atoms with Crippen LogP contribution in [0.5, 0.6) is 0 Å². The number of alkyl halides is 1. The predicted molar refractivity (Wildman–Crippen MR) is 114 cm³/mol. The summed E-state index contributed by atoms with van der Waals surface area (Å²) < 4.78 is 43.2. The van der Waals surface area contributed by atoms with Crippen LogP contribution in [0.1, 0.15) is 58.3 Å². The van der Waals surface area contributed by atoms with Crippen molar-refractivity contribution in [1.82, 2.24) is 0 Å². The van der Waals surface area contributed by atoms with Gasteiger partial charge >= 0.3 is 5.97 Å². The molecule has 0 aromatic rings. The van der Waals surface area contributed by atoms with E-state index >= 15 is 0 Å². The molecule has 0 aromatic carbocycles. The Morgan fingerprint density at radius 1 is 0.567 bits per heavy atom. The van der Waals surface area contributed by atoms with Crippen molar-refractivity contribution >= 4 is 5.97 Å². The third-order valence-corrected chi connectivity index (χ3v) is 4.18. The summed E-state index contributed by atoms with van der Waals surface area (Å²) in [6.45, 7) is 6.20. The number of carbonyl (C=O) groups is 1. The van der Waals surface area contributed by atoms with Crippen LogP contribution in [-0.2, 0) is 33.2 Å². The minimum Gasteiger partial charge on any atom is -0.463 e. The van der Waals surface area contributed by atoms with E-state index in [1.54, 1.807) is 0 Å². The lowest BCUT2D eigenvalue weighted by molar-refractivity contribution is -0.145. The maximum atomic E-state index is 11.8. The highest BCUT2D eigenvalue weighted by atomic mass is 19.1. The third-order valence-electron chi connectivity index (χ3n) is 4.18. The molecule has 0 bridgehead atoms. The molecule has 0 fully saturated rings. The molecule has 30 heavy (non-hydrogen) atoms. The molecule has 0 rings (SSSR count). The zero-order chi connectivity index (χ0) is 22.0. The van der Waals surface area contributed by atoms with Crippen LogP contribution in [0.4, 0.5) is 4.39 Å². The van der Waals surface area contributed by atoms with Crippen molar-refractivity contribution in [2.75, 3.05) is 79.4 Å². The minimum absolute atomic E-state index is 0.116. The lowest BCUT2D eigenvalue weighted by Crippen LogP contribution is -2.15. The van der Waals surface area contributed by atoms with Gasteiger partial charge in [0.1, 0.15) is 13.3 Å². The highest BCUT2D eigenvalue weighted by molar-refractivity contribution is 5.69. The maximum Gasteiger partial charge on any atom is 0.305 e. The Morgan fingerprint density at radius 2 is 0.967 bits per heavy atom. The van der Waals surface area contributed by atoms with Gasteiger partial charge in [0.15, 0.2) is 0 Å². The number of hydrogen-bond acceptors (Lipinski definition) is 7. The van der Waals surface area contributed by atoms with Crippen LogP contribution in [0.3, 0.4) is 0 Å². The second kappa shape index (κ2) is 26.2. The molecule has 0 heterocycles. The fourth-order valence-electron chi connectivity index (χ4n) is 2.55. The van der Waals surface area contributed by atoms with Crippen molar-refractivity contribution in [1.29, 1.82) is 0 Å². The molecule has 8 heteroatoms. The van der Waals surface area contributed by atoms with Crippen LogP contribution in [0.2, 0.25) is 0 Å². The largest absolute Gasteiger partial charge is 0.463 e. The summed E-state index contributed by atoms with van der Waals surface area (Å²) in [5.74, 6) is -0.142. The average molecular weight is 439 g/mol. The quantitative estimate of drug-likeness (QED) is 0.159. The molecule has 0 unspecified atom stereocenters. The van der Waals surface area contributed by atoms with Crippen molar-refractivity contribution in [2.45, 2.75) is 58.3 Å². The van der Waals surface area contributed by atoms with Crippen molar-refractivity contribution in [2.24, 2.45) is 0 Å². The Kier molecular flexibility index (Phi) is 25.5. The fourth-order valence-corrected chi connectivity index (χ4v) is 2.55. The van der Waals surface area contributed by atoms with Gasteiger partial charge < -0.3 is 28.4 Å². The SMILES string of the molecule is CCCCCCCCCC(=O)OCCOCCOCCOCCOCCOCCF. The number of halogens is 1. The molecule has 0 aliphatic rings. The lowest BCUT2D eigenvalue weighted by atomic mass is 10.1. The monoisotopic (exact) mass is 438 g/mol. The Balaban J connectivity index is 3.11. The molecule has 0 aliphatic heterocycles. The zero-order valence-electron chi connectivity index (χ0n) is 18.9. The molecule has 0 aromatic heterocycles. The number of hydrogen-bond donors (Lipinski definition) is 0. The second-order valence-electron chi connectivity index (χ2n) is 6.84. The number of unbranched alkanes of at least 4 members (excludes halogenated alkanes) is 6. The average Bonchev–Trinajstić information content (AvgIpc) is 2.75. The highest BCUT2D eigenvalue weighted by Gasteiger charge is 2.02. The van der Waals surface area contributed by atoms with Crippen LogP contribution >= 0.6 is 0 Å².